The number of hydrogen-bond donors (Lipinski definition) is 1. The van der Waals surface area contributed by atoms with Crippen molar-refractivity contribution in [1.82, 2.24) is 0 Å². The van der Waals surface area contributed by atoms with Crippen molar-refractivity contribution >= 4 is 19.9 Å². The Hall–Kier alpha value is -0.920. The van der Waals surface area contributed by atoms with Crippen LogP contribution in [-0.2, 0) is 25.6 Å². The summed E-state index contributed by atoms with van der Waals surface area (Å²) in [5, 5.41) is 4.91. The summed E-state index contributed by atoms with van der Waals surface area (Å²) in [5.41, 5.74) is 0.407. The van der Waals surface area contributed by atoms with Crippen molar-refractivity contribution in [3.8, 4) is 0 Å². The van der Waals surface area contributed by atoms with Gasteiger partial charge in [0.05, 0.1) is 10.6 Å². The highest BCUT2D eigenvalue weighted by molar-refractivity contribution is 7.90. The van der Waals surface area contributed by atoms with Gasteiger partial charge >= 0.3 is 0 Å². The average Bonchev–Trinajstić information content (AvgIpc) is 1.99. The fraction of sp³-hybridized carbons (Fsp3) is 0.250. The van der Waals surface area contributed by atoms with E-state index in [2.05, 4.69) is 0 Å². The van der Waals surface area contributed by atoms with Crippen LogP contribution in [-0.4, -0.2) is 23.1 Å². The van der Waals surface area contributed by atoms with Crippen LogP contribution in [0.5, 0.6) is 0 Å². The van der Waals surface area contributed by atoms with Gasteiger partial charge in [0.25, 0.3) is 0 Å². The quantitative estimate of drug-likeness (QED) is 0.808. The lowest BCUT2D eigenvalue weighted by atomic mass is 10.2. The molecule has 15 heavy (non-hydrogen) atoms. The largest absolute Gasteiger partial charge is 0.238 e. The van der Waals surface area contributed by atoms with Crippen molar-refractivity contribution in [2.45, 2.75) is 10.6 Å². The molecule has 2 N–H and O–H groups in total. The maximum absolute atomic E-state index is 11.0. The summed E-state index contributed by atoms with van der Waals surface area (Å²) in [6.45, 7) is 0. The van der Waals surface area contributed by atoms with Gasteiger partial charge in [-0.2, -0.15) is 0 Å². The molecule has 7 heteroatoms. The highest BCUT2D eigenvalue weighted by atomic mass is 32.2. The Morgan fingerprint density at radius 3 is 2.27 bits per heavy atom. The van der Waals surface area contributed by atoms with E-state index in [0.29, 0.717) is 5.56 Å². The second-order valence-electron chi connectivity index (χ2n) is 3.26. The van der Waals surface area contributed by atoms with Crippen LogP contribution in [0.3, 0.4) is 0 Å². The predicted octanol–water partition coefficient (Wildman–Crippen LogP) is -0.121. The minimum absolute atomic E-state index is 0.0800. The first-order valence-electron chi connectivity index (χ1n) is 3.98. The summed E-state index contributed by atoms with van der Waals surface area (Å²) in [6, 6.07) is 5.58. The van der Waals surface area contributed by atoms with Crippen LogP contribution in [0.2, 0.25) is 0 Å². The Labute approximate surface area is 88.9 Å². The molecule has 0 saturated heterocycles. The highest BCUT2D eigenvalue weighted by Crippen LogP contribution is 2.11. The number of primary sulfonamides is 1. The smallest absolute Gasteiger partial charge is 0.229 e. The van der Waals surface area contributed by atoms with Crippen LogP contribution in [0.15, 0.2) is 29.2 Å². The van der Waals surface area contributed by atoms with Crippen molar-refractivity contribution in [2.75, 3.05) is 6.26 Å². The molecule has 0 unspecified atom stereocenters. The topological polar surface area (TPSA) is 94.3 Å². The molecule has 0 aliphatic carbocycles. The Morgan fingerprint density at radius 1 is 1.20 bits per heavy atom. The van der Waals surface area contributed by atoms with Gasteiger partial charge in [0, 0.05) is 6.26 Å². The van der Waals surface area contributed by atoms with E-state index in [0.717, 1.165) is 6.26 Å². The maximum Gasteiger partial charge on any atom is 0.238 e. The minimum Gasteiger partial charge on any atom is -0.229 e. The fourth-order valence-corrected chi connectivity index (χ4v) is 2.48. The van der Waals surface area contributed by atoms with Gasteiger partial charge < -0.3 is 0 Å². The lowest BCUT2D eigenvalue weighted by Gasteiger charge is -2.02. The van der Waals surface area contributed by atoms with Crippen molar-refractivity contribution in [3.05, 3.63) is 29.8 Å². The third kappa shape index (κ3) is 3.98. The van der Waals surface area contributed by atoms with Gasteiger partial charge in [0.1, 0.15) is 0 Å². The summed E-state index contributed by atoms with van der Waals surface area (Å²) in [5.74, 6) is -0.198. The number of sulfonamides is 1. The number of hydrogen-bond acceptors (Lipinski definition) is 4. The van der Waals surface area contributed by atoms with Gasteiger partial charge in [-0.05, 0) is 17.7 Å². The summed E-state index contributed by atoms with van der Waals surface area (Å²) in [7, 11) is -6.95. The zero-order valence-corrected chi connectivity index (χ0v) is 9.68. The van der Waals surface area contributed by atoms with Crippen LogP contribution in [0.25, 0.3) is 0 Å². The fourth-order valence-electron chi connectivity index (χ4n) is 1.12. The van der Waals surface area contributed by atoms with Gasteiger partial charge in [0.2, 0.25) is 10.0 Å². The molecule has 0 heterocycles. The van der Waals surface area contributed by atoms with Crippen molar-refractivity contribution in [2.24, 2.45) is 5.14 Å². The molecule has 1 rings (SSSR count). The van der Waals surface area contributed by atoms with Gasteiger partial charge in [-0.15, -0.1) is 0 Å². The summed E-state index contributed by atoms with van der Waals surface area (Å²) in [6.07, 6.45) is 1.08. The lowest BCUT2D eigenvalue weighted by Crippen LogP contribution is -2.12. The number of nitrogens with two attached hydrogens (primary N) is 1. The van der Waals surface area contributed by atoms with Crippen LogP contribution in [0.4, 0.5) is 0 Å². The van der Waals surface area contributed by atoms with Crippen LogP contribution in [0.1, 0.15) is 5.56 Å². The normalized spacial score (nSPS) is 12.7. The van der Waals surface area contributed by atoms with Gasteiger partial charge in [-0.25, -0.2) is 22.0 Å². The molecule has 1 aromatic rings. The zero-order chi connectivity index (χ0) is 11.7. The second kappa shape index (κ2) is 3.92. The van der Waals surface area contributed by atoms with E-state index in [9.17, 15) is 16.8 Å². The first-order valence-corrected chi connectivity index (χ1v) is 7.59. The van der Waals surface area contributed by atoms with Crippen molar-refractivity contribution in [3.63, 3.8) is 0 Å². The third-order valence-corrected chi connectivity index (χ3v) is 3.42. The van der Waals surface area contributed by atoms with E-state index in [4.69, 9.17) is 5.14 Å². The van der Waals surface area contributed by atoms with Gasteiger partial charge in [-0.3, -0.25) is 0 Å². The summed E-state index contributed by atoms with van der Waals surface area (Å²) >= 11 is 0. The molecule has 1 aromatic carbocycles. The second-order valence-corrected chi connectivity index (χ2v) is 6.96. The molecule has 84 valence electrons. The summed E-state index contributed by atoms with van der Waals surface area (Å²) in [4.78, 5) is -0.0800. The van der Waals surface area contributed by atoms with Gasteiger partial charge in [0.15, 0.2) is 9.84 Å². The van der Waals surface area contributed by atoms with Crippen LogP contribution in [0, 0.1) is 0 Å². The lowest BCUT2D eigenvalue weighted by molar-refractivity contribution is 0.595. The Bertz CT molecular complexity index is 560. The summed E-state index contributed by atoms with van der Waals surface area (Å²) < 4.78 is 43.9. The molecule has 0 spiro atoms. The Balaban J connectivity index is 3.15. The van der Waals surface area contributed by atoms with E-state index in [-0.39, 0.29) is 10.6 Å². The molecule has 0 aromatic heterocycles. The average molecular weight is 249 g/mol. The molecule has 0 radical (unpaired) electrons. The standard InChI is InChI=1S/C8H11NO4S2/c1-14(10,11)6-7-3-2-4-8(5-7)15(9,12)13/h2-5H,6H2,1H3,(H2,9,12,13). The van der Waals surface area contributed by atoms with Gasteiger partial charge in [-0.1, -0.05) is 12.1 Å². The molecule has 0 fully saturated rings. The Morgan fingerprint density at radius 2 is 1.80 bits per heavy atom. The van der Waals surface area contributed by atoms with E-state index in [1.54, 1.807) is 0 Å². The predicted molar refractivity (Wildman–Crippen MR) is 56.4 cm³/mol. The number of rotatable bonds is 3. The minimum atomic E-state index is -3.78. The van der Waals surface area contributed by atoms with E-state index < -0.39 is 19.9 Å². The van der Waals surface area contributed by atoms with E-state index >= 15 is 0 Å². The van der Waals surface area contributed by atoms with Crippen LogP contribution < -0.4 is 5.14 Å². The molecule has 0 aliphatic rings. The van der Waals surface area contributed by atoms with E-state index in [1.165, 1.54) is 24.3 Å². The third-order valence-electron chi connectivity index (χ3n) is 1.66. The first kappa shape index (κ1) is 12.2. The molecular formula is C8H11NO4S2. The molecule has 0 saturated carbocycles. The van der Waals surface area contributed by atoms with Crippen molar-refractivity contribution in [1.29, 1.82) is 0 Å². The molecule has 0 amide bonds. The Kier molecular flexibility index (Phi) is 3.17. The monoisotopic (exact) mass is 249 g/mol. The highest BCUT2D eigenvalue weighted by Gasteiger charge is 2.10. The van der Waals surface area contributed by atoms with E-state index in [1.807, 2.05) is 0 Å². The molecule has 0 aliphatic heterocycles. The SMILES string of the molecule is CS(=O)(=O)Cc1cccc(S(N)(=O)=O)c1. The zero-order valence-electron chi connectivity index (χ0n) is 8.04. The molecule has 5 nitrogen and oxygen atoms in total. The van der Waals surface area contributed by atoms with Crippen molar-refractivity contribution < 1.29 is 16.8 Å². The maximum atomic E-state index is 11.0. The molecule has 0 atom stereocenters. The van der Waals surface area contributed by atoms with Crippen LogP contribution >= 0.6 is 0 Å². The molecule has 0 bridgehead atoms. The number of sulfone groups is 1. The first-order chi connectivity index (χ1) is 6.68. The molecular weight excluding hydrogens is 238 g/mol. The number of benzene rings is 1.